The first-order valence-corrected chi connectivity index (χ1v) is 4.34. The van der Waals surface area contributed by atoms with Gasteiger partial charge in [0.05, 0.1) is 9.83 Å². The second-order valence-electron chi connectivity index (χ2n) is 2.68. The standard InChI is InChI=1S/C9H7NO4S/c11-9(12)8(15)5-6-1-3-7(4-2-6)10(13)14/h1-5,15H,(H,11,12). The van der Waals surface area contributed by atoms with E-state index in [1.54, 1.807) is 0 Å². The van der Waals surface area contributed by atoms with Gasteiger partial charge in [-0.1, -0.05) is 0 Å². The predicted molar refractivity (Wildman–Crippen MR) is 57.7 cm³/mol. The Balaban J connectivity index is 2.95. The maximum Gasteiger partial charge on any atom is 0.341 e. The number of aliphatic carboxylic acids is 1. The highest BCUT2D eigenvalue weighted by molar-refractivity contribution is 7.85. The fraction of sp³-hybridized carbons (Fsp3) is 0. The Morgan fingerprint density at radius 2 is 1.93 bits per heavy atom. The van der Waals surface area contributed by atoms with Crippen molar-refractivity contribution >= 4 is 30.4 Å². The molecule has 78 valence electrons. The number of hydrogen-bond donors (Lipinski definition) is 2. The summed E-state index contributed by atoms with van der Waals surface area (Å²) in [6.07, 6.45) is 1.31. The maximum absolute atomic E-state index is 10.4. The van der Waals surface area contributed by atoms with Crippen LogP contribution in [0.5, 0.6) is 0 Å². The molecule has 1 rings (SSSR count). The SMILES string of the molecule is O=C(O)C(S)=Cc1ccc([N+](=O)[O-])cc1. The van der Waals surface area contributed by atoms with E-state index in [0.717, 1.165) is 0 Å². The molecule has 0 bridgehead atoms. The summed E-state index contributed by atoms with van der Waals surface area (Å²) in [6, 6.07) is 5.51. The van der Waals surface area contributed by atoms with Gasteiger partial charge in [-0.3, -0.25) is 10.1 Å². The van der Waals surface area contributed by atoms with E-state index in [2.05, 4.69) is 12.6 Å². The molecule has 1 aromatic carbocycles. The molecule has 0 aromatic heterocycles. The largest absolute Gasteiger partial charge is 0.477 e. The lowest BCUT2D eigenvalue weighted by Gasteiger charge is -1.95. The molecule has 6 heteroatoms. The van der Waals surface area contributed by atoms with E-state index >= 15 is 0 Å². The molecule has 0 fully saturated rings. The third-order valence-corrected chi connectivity index (χ3v) is 1.95. The van der Waals surface area contributed by atoms with E-state index < -0.39 is 10.9 Å². The second-order valence-corrected chi connectivity index (χ2v) is 3.17. The van der Waals surface area contributed by atoms with Gasteiger partial charge in [0, 0.05) is 12.1 Å². The zero-order valence-electron chi connectivity index (χ0n) is 7.45. The molecule has 1 aromatic rings. The van der Waals surface area contributed by atoms with Gasteiger partial charge in [-0.2, -0.15) is 0 Å². The van der Waals surface area contributed by atoms with Gasteiger partial charge in [-0.15, -0.1) is 12.6 Å². The third kappa shape index (κ3) is 3.10. The van der Waals surface area contributed by atoms with Gasteiger partial charge in [0.2, 0.25) is 0 Å². The van der Waals surface area contributed by atoms with Crippen molar-refractivity contribution < 1.29 is 14.8 Å². The number of benzene rings is 1. The number of thiol groups is 1. The van der Waals surface area contributed by atoms with Crippen LogP contribution >= 0.6 is 12.6 Å². The lowest BCUT2D eigenvalue weighted by Crippen LogP contribution is -1.93. The number of non-ortho nitro benzene ring substituents is 1. The van der Waals surface area contributed by atoms with Crippen molar-refractivity contribution in [1.29, 1.82) is 0 Å². The molecular weight excluding hydrogens is 218 g/mol. The van der Waals surface area contributed by atoms with Gasteiger partial charge in [0.1, 0.15) is 0 Å². The molecule has 0 heterocycles. The Morgan fingerprint density at radius 3 is 2.33 bits per heavy atom. The number of carbonyl (C=O) groups is 1. The minimum Gasteiger partial charge on any atom is -0.477 e. The second kappa shape index (κ2) is 4.61. The van der Waals surface area contributed by atoms with Gasteiger partial charge in [0.15, 0.2) is 0 Å². The number of nitro groups is 1. The van der Waals surface area contributed by atoms with Crippen molar-refractivity contribution in [3.05, 3.63) is 44.8 Å². The molecule has 1 N–H and O–H groups in total. The molecule has 0 spiro atoms. The van der Waals surface area contributed by atoms with Crippen molar-refractivity contribution in [2.75, 3.05) is 0 Å². The Morgan fingerprint density at radius 1 is 1.40 bits per heavy atom. The van der Waals surface area contributed by atoms with Crippen LogP contribution < -0.4 is 0 Å². The van der Waals surface area contributed by atoms with Crippen LogP contribution in [-0.2, 0) is 4.79 Å². The Hall–Kier alpha value is -1.82. The Labute approximate surface area is 90.6 Å². The molecule has 0 aliphatic heterocycles. The minimum atomic E-state index is -1.14. The number of carboxylic acids is 1. The van der Waals surface area contributed by atoms with Gasteiger partial charge < -0.3 is 5.11 Å². The molecule has 0 aliphatic rings. The summed E-state index contributed by atoms with van der Waals surface area (Å²) >= 11 is 3.73. The fourth-order valence-corrected chi connectivity index (χ4v) is 1.06. The molecule has 0 radical (unpaired) electrons. The molecule has 0 saturated heterocycles. The molecule has 0 aliphatic carbocycles. The van der Waals surface area contributed by atoms with E-state index in [-0.39, 0.29) is 10.6 Å². The van der Waals surface area contributed by atoms with Crippen LogP contribution in [0.25, 0.3) is 6.08 Å². The first kappa shape index (κ1) is 11.3. The van der Waals surface area contributed by atoms with Crippen molar-refractivity contribution in [2.24, 2.45) is 0 Å². The number of rotatable bonds is 3. The van der Waals surface area contributed by atoms with Crippen molar-refractivity contribution in [3.8, 4) is 0 Å². The van der Waals surface area contributed by atoms with Gasteiger partial charge in [0.25, 0.3) is 5.69 Å². The van der Waals surface area contributed by atoms with Crippen molar-refractivity contribution in [2.45, 2.75) is 0 Å². The van der Waals surface area contributed by atoms with E-state index in [1.807, 2.05) is 0 Å². The van der Waals surface area contributed by atoms with Gasteiger partial charge in [-0.25, -0.2) is 4.79 Å². The minimum absolute atomic E-state index is 0.0387. The quantitative estimate of drug-likeness (QED) is 0.356. The highest BCUT2D eigenvalue weighted by Crippen LogP contribution is 2.15. The molecule has 0 unspecified atom stereocenters. The van der Waals surface area contributed by atoms with Crippen LogP contribution in [0.4, 0.5) is 5.69 Å². The average Bonchev–Trinajstić information content (AvgIpc) is 2.18. The van der Waals surface area contributed by atoms with E-state index in [0.29, 0.717) is 5.56 Å². The summed E-state index contributed by atoms with van der Waals surface area (Å²) in [6.45, 7) is 0. The summed E-state index contributed by atoms with van der Waals surface area (Å²) in [7, 11) is 0. The number of nitro benzene ring substituents is 1. The van der Waals surface area contributed by atoms with Crippen molar-refractivity contribution in [1.82, 2.24) is 0 Å². The van der Waals surface area contributed by atoms with E-state index in [4.69, 9.17) is 5.11 Å². The molecular formula is C9H7NO4S. The Kier molecular flexibility index (Phi) is 3.46. The molecule has 0 amide bonds. The average molecular weight is 225 g/mol. The summed E-state index contributed by atoms with van der Waals surface area (Å²) in [5.74, 6) is -1.14. The van der Waals surface area contributed by atoms with E-state index in [1.165, 1.54) is 30.3 Å². The summed E-state index contributed by atoms with van der Waals surface area (Å²) in [5.41, 5.74) is 0.510. The number of nitrogens with zero attached hydrogens (tertiary/aromatic N) is 1. The first-order chi connectivity index (χ1) is 7.00. The molecule has 0 saturated carbocycles. The lowest BCUT2D eigenvalue weighted by molar-refractivity contribution is -0.384. The van der Waals surface area contributed by atoms with Crippen LogP contribution in [-0.4, -0.2) is 16.0 Å². The monoisotopic (exact) mass is 225 g/mol. The zero-order chi connectivity index (χ0) is 11.4. The van der Waals surface area contributed by atoms with Gasteiger partial charge in [-0.05, 0) is 23.8 Å². The molecule has 5 nitrogen and oxygen atoms in total. The van der Waals surface area contributed by atoms with Crippen LogP contribution in [0.2, 0.25) is 0 Å². The molecule has 0 atom stereocenters. The normalized spacial score (nSPS) is 11.1. The topological polar surface area (TPSA) is 80.4 Å². The summed E-state index contributed by atoms with van der Waals surface area (Å²) < 4.78 is 0. The van der Waals surface area contributed by atoms with Crippen LogP contribution in [0.1, 0.15) is 5.56 Å². The number of hydrogen-bond acceptors (Lipinski definition) is 4. The number of carboxylic acid groups (broad SMARTS) is 1. The lowest BCUT2D eigenvalue weighted by atomic mass is 10.2. The van der Waals surface area contributed by atoms with Crippen molar-refractivity contribution in [3.63, 3.8) is 0 Å². The third-order valence-electron chi connectivity index (χ3n) is 1.63. The van der Waals surface area contributed by atoms with Gasteiger partial charge >= 0.3 is 5.97 Å². The maximum atomic E-state index is 10.4. The fourth-order valence-electron chi connectivity index (χ4n) is 0.912. The summed E-state index contributed by atoms with van der Waals surface area (Å²) in [5, 5.41) is 18.9. The van der Waals surface area contributed by atoms with Crippen LogP contribution in [0.15, 0.2) is 29.2 Å². The predicted octanol–water partition coefficient (Wildman–Crippen LogP) is 1.95. The highest BCUT2D eigenvalue weighted by Gasteiger charge is 2.04. The van der Waals surface area contributed by atoms with Crippen LogP contribution in [0.3, 0.4) is 0 Å². The van der Waals surface area contributed by atoms with Crippen LogP contribution in [0, 0.1) is 10.1 Å². The summed E-state index contributed by atoms with van der Waals surface area (Å²) in [4.78, 5) is 20.1. The highest BCUT2D eigenvalue weighted by atomic mass is 32.1. The van der Waals surface area contributed by atoms with E-state index in [9.17, 15) is 14.9 Å². The zero-order valence-corrected chi connectivity index (χ0v) is 8.35. The molecule has 15 heavy (non-hydrogen) atoms. The Bertz CT molecular complexity index is 424. The smallest absolute Gasteiger partial charge is 0.341 e. The first-order valence-electron chi connectivity index (χ1n) is 3.89.